The van der Waals surface area contributed by atoms with Gasteiger partial charge in [-0.15, -0.1) is 6.58 Å². The van der Waals surface area contributed by atoms with Crippen molar-refractivity contribution < 1.29 is 4.74 Å². The van der Waals surface area contributed by atoms with E-state index in [0.717, 1.165) is 26.0 Å². The van der Waals surface area contributed by atoms with Crippen molar-refractivity contribution in [1.82, 2.24) is 5.32 Å². The number of likely N-dealkylation sites (N-methyl/N-ethyl adjacent to an activating group) is 1. The molecule has 2 heteroatoms. The Balaban J connectivity index is 2.54. The number of hydrogen-bond donors (Lipinski definition) is 1. The Kier molecular flexibility index (Phi) is 5.34. The van der Waals surface area contributed by atoms with E-state index in [4.69, 9.17) is 4.74 Å². The minimum Gasteiger partial charge on any atom is -0.374 e. The Hall–Kier alpha value is -0.340. The highest BCUT2D eigenvalue weighted by Crippen LogP contribution is 2.29. The average Bonchev–Trinajstić information content (AvgIpc) is 2.25. The lowest BCUT2D eigenvalue weighted by molar-refractivity contribution is -0.0895. The smallest absolute Gasteiger partial charge is 0.0806 e. The van der Waals surface area contributed by atoms with E-state index in [1.807, 2.05) is 6.08 Å². The molecule has 1 fully saturated rings. The third-order valence-corrected chi connectivity index (χ3v) is 3.35. The Morgan fingerprint density at radius 3 is 2.87 bits per heavy atom. The minimum absolute atomic E-state index is 0.0390. The largest absolute Gasteiger partial charge is 0.374 e. The van der Waals surface area contributed by atoms with Gasteiger partial charge in [0.25, 0.3) is 0 Å². The van der Waals surface area contributed by atoms with Gasteiger partial charge in [-0.1, -0.05) is 13.0 Å². The summed E-state index contributed by atoms with van der Waals surface area (Å²) in [5.41, 5.74) is 0.0390. The molecular formula is C13H25NO. The second kappa shape index (κ2) is 6.29. The summed E-state index contributed by atoms with van der Waals surface area (Å²) in [5, 5.41) is 3.55. The average molecular weight is 211 g/mol. The van der Waals surface area contributed by atoms with Crippen LogP contribution in [-0.4, -0.2) is 24.8 Å². The zero-order chi connectivity index (χ0) is 11.1. The summed E-state index contributed by atoms with van der Waals surface area (Å²) in [5.74, 6) is 0. The van der Waals surface area contributed by atoms with Crippen LogP contribution in [0.1, 0.15) is 46.0 Å². The Bertz CT molecular complexity index is 185. The molecule has 0 amide bonds. The molecule has 0 aromatic heterocycles. The molecular weight excluding hydrogens is 186 g/mol. The highest BCUT2D eigenvalue weighted by Gasteiger charge is 2.35. The van der Waals surface area contributed by atoms with Gasteiger partial charge in [-0.2, -0.15) is 0 Å². The fourth-order valence-corrected chi connectivity index (χ4v) is 2.38. The van der Waals surface area contributed by atoms with Gasteiger partial charge in [-0.25, -0.2) is 0 Å². The molecule has 1 rings (SSSR count). The zero-order valence-electron chi connectivity index (χ0n) is 10.2. The number of hydrogen-bond acceptors (Lipinski definition) is 2. The number of nitrogens with one attached hydrogen (secondary N) is 1. The summed E-state index contributed by atoms with van der Waals surface area (Å²) in [6, 6.07) is 0.473. The number of ether oxygens (including phenoxy) is 1. The Morgan fingerprint density at radius 1 is 1.53 bits per heavy atom. The molecule has 0 aromatic rings. The maximum atomic E-state index is 5.98. The highest BCUT2D eigenvalue weighted by atomic mass is 16.5. The molecule has 0 aliphatic carbocycles. The third-order valence-electron chi connectivity index (χ3n) is 3.35. The lowest BCUT2D eigenvalue weighted by Gasteiger charge is -2.41. The summed E-state index contributed by atoms with van der Waals surface area (Å²) in [7, 11) is 0. The van der Waals surface area contributed by atoms with Crippen LogP contribution in [0.4, 0.5) is 0 Å². The fourth-order valence-electron chi connectivity index (χ4n) is 2.38. The monoisotopic (exact) mass is 211 g/mol. The normalized spacial score (nSPS) is 28.7. The van der Waals surface area contributed by atoms with Crippen molar-refractivity contribution in [2.24, 2.45) is 0 Å². The lowest BCUT2D eigenvalue weighted by atomic mass is 9.85. The molecule has 2 atom stereocenters. The van der Waals surface area contributed by atoms with Crippen LogP contribution in [-0.2, 0) is 4.74 Å². The van der Waals surface area contributed by atoms with Crippen molar-refractivity contribution in [2.45, 2.75) is 57.6 Å². The van der Waals surface area contributed by atoms with Crippen molar-refractivity contribution >= 4 is 0 Å². The van der Waals surface area contributed by atoms with Crippen molar-refractivity contribution in [2.75, 3.05) is 13.2 Å². The second-order valence-corrected chi connectivity index (χ2v) is 4.59. The molecule has 0 spiro atoms. The van der Waals surface area contributed by atoms with E-state index >= 15 is 0 Å². The van der Waals surface area contributed by atoms with E-state index in [1.165, 1.54) is 19.3 Å². The van der Waals surface area contributed by atoms with E-state index in [9.17, 15) is 0 Å². The van der Waals surface area contributed by atoms with Gasteiger partial charge >= 0.3 is 0 Å². The van der Waals surface area contributed by atoms with Gasteiger partial charge in [0, 0.05) is 12.6 Å². The van der Waals surface area contributed by atoms with Crippen LogP contribution in [0.3, 0.4) is 0 Å². The molecule has 1 aliphatic heterocycles. The van der Waals surface area contributed by atoms with Crippen molar-refractivity contribution in [3.63, 3.8) is 0 Å². The maximum Gasteiger partial charge on any atom is 0.0806 e. The standard InChI is InChI=1S/C13H25NO/c1-4-6-9-12(14-5-2)13(3)10-7-8-11-15-13/h4,12,14H,1,5-11H2,2-3H3. The Labute approximate surface area is 94.1 Å². The van der Waals surface area contributed by atoms with Crippen molar-refractivity contribution in [3.05, 3.63) is 12.7 Å². The number of rotatable bonds is 6. The van der Waals surface area contributed by atoms with Crippen LogP contribution in [0.25, 0.3) is 0 Å². The molecule has 88 valence electrons. The minimum atomic E-state index is 0.0390. The maximum absolute atomic E-state index is 5.98. The fraction of sp³-hybridized carbons (Fsp3) is 0.846. The van der Waals surface area contributed by atoms with Crippen molar-refractivity contribution in [1.29, 1.82) is 0 Å². The van der Waals surface area contributed by atoms with E-state index in [1.54, 1.807) is 0 Å². The molecule has 0 aromatic carbocycles. The first-order valence-electron chi connectivity index (χ1n) is 6.21. The molecule has 1 N–H and O–H groups in total. The van der Waals surface area contributed by atoms with Gasteiger partial charge < -0.3 is 10.1 Å². The molecule has 15 heavy (non-hydrogen) atoms. The molecule has 1 aliphatic rings. The third kappa shape index (κ3) is 3.62. The molecule has 2 nitrogen and oxygen atoms in total. The predicted octanol–water partition coefficient (Wildman–Crippen LogP) is 2.89. The highest BCUT2D eigenvalue weighted by molar-refractivity contribution is 4.92. The first-order valence-corrected chi connectivity index (χ1v) is 6.21. The lowest BCUT2D eigenvalue weighted by Crippen LogP contribution is -2.52. The van der Waals surface area contributed by atoms with Gasteiger partial charge in [0.2, 0.25) is 0 Å². The summed E-state index contributed by atoms with van der Waals surface area (Å²) < 4.78 is 5.98. The molecule has 2 unspecified atom stereocenters. The summed E-state index contributed by atoms with van der Waals surface area (Å²) in [6.45, 7) is 10.1. The second-order valence-electron chi connectivity index (χ2n) is 4.59. The quantitative estimate of drug-likeness (QED) is 0.682. The first-order chi connectivity index (χ1) is 7.23. The van der Waals surface area contributed by atoms with Crippen LogP contribution >= 0.6 is 0 Å². The van der Waals surface area contributed by atoms with Gasteiger partial charge in [0.05, 0.1) is 5.60 Å². The van der Waals surface area contributed by atoms with Crippen molar-refractivity contribution in [3.8, 4) is 0 Å². The summed E-state index contributed by atoms with van der Waals surface area (Å²) in [6.07, 6.45) is 7.89. The van der Waals surface area contributed by atoms with Gasteiger partial charge in [0.15, 0.2) is 0 Å². The zero-order valence-corrected chi connectivity index (χ0v) is 10.2. The SMILES string of the molecule is C=CCCC(NCC)C1(C)CCCCO1. The van der Waals surface area contributed by atoms with Gasteiger partial charge in [-0.3, -0.25) is 0 Å². The van der Waals surface area contributed by atoms with Crippen LogP contribution in [0.2, 0.25) is 0 Å². The molecule has 1 heterocycles. The molecule has 0 saturated carbocycles. The summed E-state index contributed by atoms with van der Waals surface area (Å²) in [4.78, 5) is 0. The van der Waals surface area contributed by atoms with Gasteiger partial charge in [0.1, 0.15) is 0 Å². The van der Waals surface area contributed by atoms with E-state index in [2.05, 4.69) is 25.7 Å². The van der Waals surface area contributed by atoms with E-state index in [-0.39, 0.29) is 5.60 Å². The van der Waals surface area contributed by atoms with Crippen LogP contribution in [0.5, 0.6) is 0 Å². The number of allylic oxidation sites excluding steroid dienone is 1. The van der Waals surface area contributed by atoms with Crippen LogP contribution in [0.15, 0.2) is 12.7 Å². The first kappa shape index (κ1) is 12.7. The van der Waals surface area contributed by atoms with Gasteiger partial charge in [-0.05, 0) is 45.6 Å². The molecule has 0 bridgehead atoms. The van der Waals surface area contributed by atoms with E-state index in [0.29, 0.717) is 6.04 Å². The topological polar surface area (TPSA) is 21.3 Å². The predicted molar refractivity (Wildman–Crippen MR) is 65.1 cm³/mol. The summed E-state index contributed by atoms with van der Waals surface area (Å²) >= 11 is 0. The van der Waals surface area contributed by atoms with Crippen LogP contribution < -0.4 is 5.32 Å². The van der Waals surface area contributed by atoms with E-state index < -0.39 is 0 Å². The van der Waals surface area contributed by atoms with Crippen LogP contribution in [0, 0.1) is 0 Å². The Morgan fingerprint density at radius 2 is 2.33 bits per heavy atom. The molecule has 0 radical (unpaired) electrons. The molecule has 1 saturated heterocycles.